The van der Waals surface area contributed by atoms with E-state index in [2.05, 4.69) is 0 Å². The Hall–Kier alpha value is -2.08. The molecule has 0 radical (unpaired) electrons. The molecule has 0 spiro atoms. The third-order valence-corrected chi connectivity index (χ3v) is 2.75. The van der Waals surface area contributed by atoms with E-state index in [0.717, 1.165) is 5.56 Å². The van der Waals surface area contributed by atoms with E-state index in [-0.39, 0.29) is 12.5 Å². The van der Waals surface area contributed by atoms with Gasteiger partial charge in [0.25, 0.3) is 0 Å². The number of hydrogen-bond donors (Lipinski definition) is 3. The molecule has 6 N–H and O–H groups in total. The number of hydrogen-bond acceptors (Lipinski definition) is 4. The van der Waals surface area contributed by atoms with Crippen LogP contribution in [0.1, 0.15) is 12.5 Å². The van der Waals surface area contributed by atoms with Crippen molar-refractivity contribution >= 4 is 17.5 Å². The molecule has 0 saturated heterocycles. The van der Waals surface area contributed by atoms with Crippen molar-refractivity contribution in [3.05, 3.63) is 29.8 Å². The van der Waals surface area contributed by atoms with E-state index in [4.69, 9.17) is 17.2 Å². The molecule has 2 amide bonds. The highest BCUT2D eigenvalue weighted by Gasteiger charge is 2.16. The van der Waals surface area contributed by atoms with Crippen molar-refractivity contribution in [3.8, 4) is 0 Å². The van der Waals surface area contributed by atoms with Crippen molar-refractivity contribution in [1.29, 1.82) is 0 Å². The molecular weight excluding hydrogens is 244 g/mol. The van der Waals surface area contributed by atoms with Crippen LogP contribution in [0.25, 0.3) is 0 Å². The second kappa shape index (κ2) is 6.75. The Morgan fingerprint density at radius 1 is 1.32 bits per heavy atom. The number of primary amides is 2. The first-order valence-corrected chi connectivity index (χ1v) is 6.03. The minimum Gasteiger partial charge on any atom is -0.399 e. The van der Waals surface area contributed by atoms with Crippen molar-refractivity contribution in [2.24, 2.45) is 17.4 Å². The molecule has 1 aromatic carbocycles. The zero-order valence-corrected chi connectivity index (χ0v) is 11.0. The molecule has 1 aromatic rings. The first-order chi connectivity index (χ1) is 8.88. The van der Waals surface area contributed by atoms with Crippen molar-refractivity contribution in [2.45, 2.75) is 13.5 Å². The lowest BCUT2D eigenvalue weighted by Crippen LogP contribution is -2.39. The van der Waals surface area contributed by atoms with Gasteiger partial charge in [-0.05, 0) is 17.7 Å². The fourth-order valence-corrected chi connectivity index (χ4v) is 1.83. The molecule has 0 saturated carbocycles. The van der Waals surface area contributed by atoms with Crippen LogP contribution in [0, 0.1) is 5.92 Å². The first kappa shape index (κ1) is 15.0. The van der Waals surface area contributed by atoms with Crippen molar-refractivity contribution < 1.29 is 9.59 Å². The summed E-state index contributed by atoms with van der Waals surface area (Å²) in [6.07, 6.45) is 0. The van der Waals surface area contributed by atoms with E-state index in [1.807, 2.05) is 18.2 Å². The standard InChI is InChI=1S/C13H20N4O2/c1-9(13(16)19)6-17(8-12(15)18)7-10-3-2-4-11(14)5-10/h2-5,9H,6-8,14H2,1H3,(H2,15,18)(H2,16,19). The summed E-state index contributed by atoms with van der Waals surface area (Å²) in [5.41, 5.74) is 17.7. The van der Waals surface area contributed by atoms with Crippen LogP contribution in [0.2, 0.25) is 0 Å². The maximum absolute atomic E-state index is 11.1. The van der Waals surface area contributed by atoms with Crippen LogP contribution in [0.4, 0.5) is 5.69 Å². The smallest absolute Gasteiger partial charge is 0.231 e. The van der Waals surface area contributed by atoms with Crippen molar-refractivity contribution in [2.75, 3.05) is 18.8 Å². The number of carbonyl (C=O) groups is 2. The average molecular weight is 264 g/mol. The molecule has 1 rings (SSSR count). The van der Waals surface area contributed by atoms with Crippen LogP contribution in [0.3, 0.4) is 0 Å². The third-order valence-electron chi connectivity index (χ3n) is 2.75. The Kier molecular flexibility index (Phi) is 5.32. The predicted molar refractivity (Wildman–Crippen MR) is 73.7 cm³/mol. The largest absolute Gasteiger partial charge is 0.399 e. The van der Waals surface area contributed by atoms with Crippen LogP contribution in [0.5, 0.6) is 0 Å². The summed E-state index contributed by atoms with van der Waals surface area (Å²) in [7, 11) is 0. The van der Waals surface area contributed by atoms with Gasteiger partial charge in [-0.25, -0.2) is 0 Å². The highest BCUT2D eigenvalue weighted by Crippen LogP contribution is 2.11. The summed E-state index contributed by atoms with van der Waals surface area (Å²) >= 11 is 0. The predicted octanol–water partition coefficient (Wildman–Crippen LogP) is -0.322. The van der Waals surface area contributed by atoms with Crippen molar-refractivity contribution in [3.63, 3.8) is 0 Å². The van der Waals surface area contributed by atoms with E-state index < -0.39 is 11.8 Å². The molecule has 0 aliphatic carbocycles. The van der Waals surface area contributed by atoms with E-state index in [1.54, 1.807) is 17.9 Å². The summed E-state index contributed by atoms with van der Waals surface area (Å²) in [5.74, 6) is -1.19. The van der Waals surface area contributed by atoms with Gasteiger partial charge >= 0.3 is 0 Å². The summed E-state index contributed by atoms with van der Waals surface area (Å²) in [6.45, 7) is 2.67. The number of nitrogens with two attached hydrogens (primary N) is 3. The Balaban J connectivity index is 2.74. The van der Waals surface area contributed by atoms with Gasteiger partial charge in [0.2, 0.25) is 11.8 Å². The minimum atomic E-state index is -0.444. The molecule has 0 bridgehead atoms. The Labute approximate surface area is 112 Å². The number of nitrogen functional groups attached to an aromatic ring is 1. The fourth-order valence-electron chi connectivity index (χ4n) is 1.83. The summed E-state index contributed by atoms with van der Waals surface area (Å²) in [5, 5.41) is 0. The lowest BCUT2D eigenvalue weighted by atomic mass is 10.1. The highest BCUT2D eigenvalue weighted by atomic mass is 16.1. The molecule has 19 heavy (non-hydrogen) atoms. The number of amides is 2. The zero-order valence-electron chi connectivity index (χ0n) is 11.0. The lowest BCUT2D eigenvalue weighted by molar-refractivity contribution is -0.124. The molecule has 6 nitrogen and oxygen atoms in total. The SMILES string of the molecule is CC(CN(CC(N)=O)Cc1cccc(N)c1)C(N)=O. The van der Waals surface area contributed by atoms with Gasteiger partial charge in [0, 0.05) is 24.7 Å². The number of nitrogens with zero attached hydrogens (tertiary/aromatic N) is 1. The van der Waals surface area contributed by atoms with Gasteiger partial charge in [0.15, 0.2) is 0 Å². The summed E-state index contributed by atoms with van der Waals surface area (Å²) in [4.78, 5) is 23.9. The number of benzene rings is 1. The van der Waals surface area contributed by atoms with Crippen LogP contribution in [-0.2, 0) is 16.1 Å². The normalized spacial score (nSPS) is 12.3. The molecule has 0 aromatic heterocycles. The fraction of sp³-hybridized carbons (Fsp3) is 0.385. The number of rotatable bonds is 7. The molecule has 6 heteroatoms. The molecule has 1 unspecified atom stereocenters. The molecule has 0 aliphatic rings. The Morgan fingerprint density at radius 3 is 2.53 bits per heavy atom. The first-order valence-electron chi connectivity index (χ1n) is 6.03. The maximum Gasteiger partial charge on any atom is 0.231 e. The van der Waals surface area contributed by atoms with Crippen LogP contribution < -0.4 is 17.2 Å². The second-order valence-electron chi connectivity index (χ2n) is 4.68. The summed E-state index contributed by atoms with van der Waals surface area (Å²) in [6, 6.07) is 7.35. The van der Waals surface area contributed by atoms with Gasteiger partial charge in [-0.2, -0.15) is 0 Å². The highest BCUT2D eigenvalue weighted by molar-refractivity contribution is 5.77. The molecule has 104 valence electrons. The minimum absolute atomic E-state index is 0.0758. The molecule has 0 fully saturated rings. The average Bonchev–Trinajstić information content (AvgIpc) is 2.27. The Morgan fingerprint density at radius 2 is 2.00 bits per heavy atom. The molecule has 0 aliphatic heterocycles. The van der Waals surface area contributed by atoms with Gasteiger partial charge < -0.3 is 17.2 Å². The van der Waals surface area contributed by atoms with Crippen LogP contribution in [-0.4, -0.2) is 29.8 Å². The van der Waals surface area contributed by atoms with E-state index in [0.29, 0.717) is 18.8 Å². The van der Waals surface area contributed by atoms with Gasteiger partial charge in [-0.3, -0.25) is 14.5 Å². The van der Waals surface area contributed by atoms with Gasteiger partial charge in [-0.15, -0.1) is 0 Å². The van der Waals surface area contributed by atoms with Gasteiger partial charge in [0.1, 0.15) is 0 Å². The van der Waals surface area contributed by atoms with E-state index in [9.17, 15) is 9.59 Å². The second-order valence-corrected chi connectivity index (χ2v) is 4.68. The number of carbonyl (C=O) groups excluding carboxylic acids is 2. The van der Waals surface area contributed by atoms with E-state index >= 15 is 0 Å². The number of anilines is 1. The quantitative estimate of drug-likeness (QED) is 0.585. The zero-order chi connectivity index (χ0) is 14.4. The lowest BCUT2D eigenvalue weighted by Gasteiger charge is -2.23. The van der Waals surface area contributed by atoms with Crippen molar-refractivity contribution in [1.82, 2.24) is 4.90 Å². The van der Waals surface area contributed by atoms with Gasteiger partial charge in [0.05, 0.1) is 6.54 Å². The monoisotopic (exact) mass is 264 g/mol. The van der Waals surface area contributed by atoms with Crippen LogP contribution >= 0.6 is 0 Å². The molecule has 0 heterocycles. The third kappa shape index (κ3) is 5.39. The maximum atomic E-state index is 11.1. The van der Waals surface area contributed by atoms with Crippen LogP contribution in [0.15, 0.2) is 24.3 Å². The molecule has 1 atom stereocenters. The summed E-state index contributed by atoms with van der Waals surface area (Å²) < 4.78 is 0. The van der Waals surface area contributed by atoms with E-state index in [1.165, 1.54) is 0 Å². The Bertz CT molecular complexity index is 462. The topological polar surface area (TPSA) is 115 Å². The molecular formula is C13H20N4O2. The van der Waals surface area contributed by atoms with Gasteiger partial charge in [-0.1, -0.05) is 19.1 Å².